The largest absolute Gasteiger partial charge is 0.508 e. The van der Waals surface area contributed by atoms with Gasteiger partial charge in [-0.2, -0.15) is 0 Å². The van der Waals surface area contributed by atoms with E-state index in [1.165, 1.54) is 12.1 Å². The Morgan fingerprint density at radius 3 is 2.65 bits per heavy atom. The van der Waals surface area contributed by atoms with Crippen molar-refractivity contribution in [3.63, 3.8) is 0 Å². The third-order valence-electron chi connectivity index (χ3n) is 3.75. The molecule has 0 atom stereocenters. The second-order valence-corrected chi connectivity index (χ2v) is 6.39. The fourth-order valence-corrected chi connectivity index (χ4v) is 2.85. The number of hydrogen-bond donors (Lipinski definition) is 2. The number of nitrogens with one attached hydrogen (secondary N) is 1. The van der Waals surface area contributed by atoms with Gasteiger partial charge in [-0.15, -0.1) is 0 Å². The van der Waals surface area contributed by atoms with Crippen molar-refractivity contribution in [1.29, 1.82) is 0 Å². The predicted octanol–water partition coefficient (Wildman–Crippen LogP) is 4.98. The van der Waals surface area contributed by atoms with E-state index in [0.717, 1.165) is 5.56 Å². The van der Waals surface area contributed by atoms with Crippen molar-refractivity contribution < 1.29 is 9.84 Å². The number of guanidine groups is 1. The number of anilines is 1. The number of aliphatic imine (C=N–C) groups is 1. The molecular formula is C19H17Cl2N3O2. The van der Waals surface area contributed by atoms with Crippen LogP contribution in [0.3, 0.4) is 0 Å². The number of nitrogens with zero attached hydrogens (tertiary/aromatic N) is 2. The van der Waals surface area contributed by atoms with Crippen LogP contribution in [0.1, 0.15) is 5.56 Å². The standard InChI is InChI=1S/C19H17Cl2N3O2/c1-12-17(26-2)11-24(10-13-6-4-3-5-7-13)19(22-12)23-16-9-14(25)8-15(20)18(16)21/h3-9,11,25H,1,10H2,2H3,(H,22,23). The Morgan fingerprint density at radius 2 is 1.96 bits per heavy atom. The summed E-state index contributed by atoms with van der Waals surface area (Å²) in [5.74, 6) is 1.05. The van der Waals surface area contributed by atoms with Crippen LogP contribution in [-0.4, -0.2) is 23.1 Å². The minimum Gasteiger partial charge on any atom is -0.508 e. The van der Waals surface area contributed by atoms with Crippen LogP contribution in [0, 0.1) is 0 Å². The molecule has 0 unspecified atom stereocenters. The second-order valence-electron chi connectivity index (χ2n) is 5.61. The highest BCUT2D eigenvalue weighted by Gasteiger charge is 2.21. The van der Waals surface area contributed by atoms with Gasteiger partial charge in [0, 0.05) is 12.1 Å². The Hall–Kier alpha value is -2.63. The highest BCUT2D eigenvalue weighted by atomic mass is 35.5. The van der Waals surface area contributed by atoms with Crippen LogP contribution in [0.25, 0.3) is 0 Å². The van der Waals surface area contributed by atoms with Gasteiger partial charge in [0.2, 0.25) is 5.96 Å². The lowest BCUT2D eigenvalue weighted by molar-refractivity contribution is 0.287. The van der Waals surface area contributed by atoms with Crippen LogP contribution < -0.4 is 5.32 Å². The van der Waals surface area contributed by atoms with Crippen molar-refractivity contribution in [2.45, 2.75) is 6.54 Å². The smallest absolute Gasteiger partial charge is 0.208 e. The summed E-state index contributed by atoms with van der Waals surface area (Å²) >= 11 is 12.3. The molecule has 0 aromatic heterocycles. The zero-order chi connectivity index (χ0) is 18.7. The highest BCUT2D eigenvalue weighted by molar-refractivity contribution is 6.44. The summed E-state index contributed by atoms with van der Waals surface area (Å²) in [4.78, 5) is 6.34. The molecule has 0 saturated heterocycles. The summed E-state index contributed by atoms with van der Waals surface area (Å²) < 4.78 is 5.33. The lowest BCUT2D eigenvalue weighted by atomic mass is 10.2. The Balaban J connectivity index is 1.93. The molecule has 2 aromatic carbocycles. The summed E-state index contributed by atoms with van der Waals surface area (Å²) in [7, 11) is 1.57. The lowest BCUT2D eigenvalue weighted by Crippen LogP contribution is -2.34. The number of ether oxygens (including phenoxy) is 1. The molecule has 7 heteroatoms. The summed E-state index contributed by atoms with van der Waals surface area (Å²) in [5, 5.41) is 13.4. The monoisotopic (exact) mass is 389 g/mol. The number of hydrogen-bond acceptors (Lipinski definition) is 5. The average molecular weight is 390 g/mol. The van der Waals surface area contributed by atoms with Gasteiger partial charge in [-0.25, -0.2) is 4.99 Å². The molecule has 2 N–H and O–H groups in total. The van der Waals surface area contributed by atoms with Crippen molar-refractivity contribution in [1.82, 2.24) is 4.90 Å². The van der Waals surface area contributed by atoms with Gasteiger partial charge in [-0.3, -0.25) is 0 Å². The molecule has 1 aliphatic heterocycles. The molecule has 1 aliphatic rings. The number of rotatable bonds is 4. The SMILES string of the molecule is C=C1N=C(Nc2cc(O)cc(Cl)c2Cl)N(Cc2ccccc2)C=C1OC. The maximum Gasteiger partial charge on any atom is 0.208 e. The van der Waals surface area contributed by atoms with Crippen LogP contribution in [-0.2, 0) is 11.3 Å². The van der Waals surface area contributed by atoms with E-state index in [2.05, 4.69) is 16.9 Å². The Labute approximate surface area is 161 Å². The third kappa shape index (κ3) is 3.95. The molecule has 0 radical (unpaired) electrons. The number of halogens is 2. The first-order valence-electron chi connectivity index (χ1n) is 7.77. The van der Waals surface area contributed by atoms with E-state index in [1.54, 1.807) is 7.11 Å². The average Bonchev–Trinajstić information content (AvgIpc) is 2.62. The van der Waals surface area contributed by atoms with Crippen molar-refractivity contribution >= 4 is 34.8 Å². The number of phenolic OH excluding ortho intramolecular Hbond substituents is 1. The number of methoxy groups -OCH3 is 1. The molecule has 0 spiro atoms. The van der Waals surface area contributed by atoms with E-state index >= 15 is 0 Å². The Morgan fingerprint density at radius 1 is 1.23 bits per heavy atom. The summed E-state index contributed by atoms with van der Waals surface area (Å²) in [6.07, 6.45) is 1.81. The molecule has 0 fully saturated rings. The van der Waals surface area contributed by atoms with Gasteiger partial charge in [-0.05, 0) is 5.56 Å². The van der Waals surface area contributed by atoms with Gasteiger partial charge in [-0.1, -0.05) is 60.1 Å². The van der Waals surface area contributed by atoms with Gasteiger partial charge < -0.3 is 20.1 Å². The minimum absolute atomic E-state index is 0.000122. The van der Waals surface area contributed by atoms with Crippen molar-refractivity contribution in [3.8, 4) is 5.75 Å². The fraction of sp³-hybridized carbons (Fsp3) is 0.105. The van der Waals surface area contributed by atoms with Gasteiger partial charge in [0.15, 0.2) is 5.76 Å². The molecule has 134 valence electrons. The lowest BCUT2D eigenvalue weighted by Gasteiger charge is -2.28. The number of phenols is 1. The number of aromatic hydroxyl groups is 1. The van der Waals surface area contributed by atoms with Crippen LogP contribution in [0.4, 0.5) is 5.69 Å². The summed E-state index contributed by atoms with van der Waals surface area (Å²) in [6, 6.07) is 12.8. The van der Waals surface area contributed by atoms with Gasteiger partial charge in [0.1, 0.15) is 11.4 Å². The van der Waals surface area contributed by atoms with Crippen molar-refractivity contribution in [2.24, 2.45) is 4.99 Å². The maximum atomic E-state index is 9.79. The maximum absolute atomic E-state index is 9.79. The highest BCUT2D eigenvalue weighted by Crippen LogP contribution is 2.34. The van der Waals surface area contributed by atoms with E-state index < -0.39 is 0 Å². The Kier molecular flexibility index (Phi) is 5.40. The molecule has 0 aliphatic carbocycles. The molecule has 0 amide bonds. The first-order valence-corrected chi connectivity index (χ1v) is 8.53. The third-order valence-corrected chi connectivity index (χ3v) is 4.55. The van der Waals surface area contributed by atoms with E-state index in [9.17, 15) is 5.11 Å². The van der Waals surface area contributed by atoms with Crippen LogP contribution >= 0.6 is 23.2 Å². The van der Waals surface area contributed by atoms with E-state index in [4.69, 9.17) is 27.9 Å². The quantitative estimate of drug-likeness (QED) is 0.773. The second kappa shape index (κ2) is 7.72. The zero-order valence-corrected chi connectivity index (χ0v) is 15.6. The number of benzene rings is 2. The zero-order valence-electron chi connectivity index (χ0n) is 14.0. The molecule has 3 rings (SSSR count). The first kappa shape index (κ1) is 18.2. The van der Waals surface area contributed by atoms with Crippen molar-refractivity contribution in [2.75, 3.05) is 12.4 Å². The predicted molar refractivity (Wildman–Crippen MR) is 105 cm³/mol. The van der Waals surface area contributed by atoms with Crippen LogP contribution in [0.5, 0.6) is 5.75 Å². The molecule has 1 heterocycles. The van der Waals surface area contributed by atoms with Crippen molar-refractivity contribution in [3.05, 3.63) is 82.3 Å². The normalized spacial score (nSPS) is 14.0. The molecule has 0 saturated carbocycles. The van der Waals surface area contributed by atoms with E-state index in [-0.39, 0.29) is 10.8 Å². The molecule has 5 nitrogen and oxygen atoms in total. The molecule has 0 bridgehead atoms. The van der Waals surface area contributed by atoms with Gasteiger partial charge in [0.25, 0.3) is 0 Å². The molecule has 26 heavy (non-hydrogen) atoms. The van der Waals surface area contributed by atoms with Crippen LogP contribution in [0.15, 0.2) is 71.7 Å². The summed E-state index contributed by atoms with van der Waals surface area (Å²) in [5.41, 5.74) is 2.00. The fourth-order valence-electron chi connectivity index (χ4n) is 2.48. The topological polar surface area (TPSA) is 57.1 Å². The molecular weight excluding hydrogens is 373 g/mol. The van der Waals surface area contributed by atoms with Crippen LogP contribution in [0.2, 0.25) is 10.0 Å². The van der Waals surface area contributed by atoms with Gasteiger partial charge in [0.05, 0.1) is 35.6 Å². The van der Waals surface area contributed by atoms with E-state index in [1.807, 2.05) is 41.4 Å². The van der Waals surface area contributed by atoms with Gasteiger partial charge >= 0.3 is 0 Å². The minimum atomic E-state index is -0.000122. The summed E-state index contributed by atoms with van der Waals surface area (Å²) in [6.45, 7) is 4.45. The van der Waals surface area contributed by atoms with E-state index in [0.29, 0.717) is 34.7 Å². The first-order chi connectivity index (χ1) is 12.5. The Bertz CT molecular complexity index is 895. The molecule has 2 aromatic rings.